The van der Waals surface area contributed by atoms with Crippen LogP contribution in [0.3, 0.4) is 0 Å². The molecule has 10 aromatic carbocycles. The predicted molar refractivity (Wildman–Crippen MR) is 287 cm³/mol. The molecule has 0 aliphatic heterocycles. The smallest absolute Gasteiger partial charge is 0.107 e. The summed E-state index contributed by atoms with van der Waals surface area (Å²) < 4.78 is 0. The highest BCUT2D eigenvalue weighted by Crippen LogP contribution is 2.46. The quantitative estimate of drug-likeness (QED) is 0.113. The van der Waals surface area contributed by atoms with Crippen LogP contribution in [0.2, 0.25) is 0 Å². The zero-order valence-electron chi connectivity index (χ0n) is 37.8. The van der Waals surface area contributed by atoms with E-state index in [-0.39, 0.29) is 5.92 Å². The monoisotopic (exact) mass is 870 g/mol. The Labute approximate surface area is 400 Å². The van der Waals surface area contributed by atoms with Gasteiger partial charge in [-0.15, -0.1) is 0 Å². The number of anilines is 5. The minimum absolute atomic E-state index is 0.135. The molecule has 0 amide bonds. The van der Waals surface area contributed by atoms with Crippen LogP contribution < -0.4 is 9.80 Å². The molecule has 2 nitrogen and oxygen atoms in total. The van der Waals surface area contributed by atoms with Crippen molar-refractivity contribution in [3.63, 3.8) is 0 Å². The fraction of sp³-hybridized carbons (Fsp3) is 0.0303. The van der Waals surface area contributed by atoms with Gasteiger partial charge in [0.05, 0.1) is 0 Å². The van der Waals surface area contributed by atoms with Gasteiger partial charge in [-0.3, -0.25) is 0 Å². The van der Waals surface area contributed by atoms with E-state index in [2.05, 4.69) is 307 Å². The molecule has 0 atom stereocenters. The van der Waals surface area contributed by atoms with Gasteiger partial charge < -0.3 is 9.80 Å². The maximum atomic E-state index is 2.47. The molecule has 10 aromatic rings. The summed E-state index contributed by atoms with van der Waals surface area (Å²) in [6, 6.07) is 98.0. The number of rotatable bonds is 12. The van der Waals surface area contributed by atoms with E-state index in [9.17, 15) is 0 Å². The molecular weight excluding hydrogens is 821 g/mol. The van der Waals surface area contributed by atoms with E-state index < -0.39 is 5.54 Å². The number of hydrogen-bond donors (Lipinski definition) is 0. The first-order valence-electron chi connectivity index (χ1n) is 23.5. The first-order chi connectivity index (χ1) is 33.7. The summed E-state index contributed by atoms with van der Waals surface area (Å²) in [4.78, 5) is 4.78. The summed E-state index contributed by atoms with van der Waals surface area (Å²) in [6.07, 6.45) is 9.54. The van der Waals surface area contributed by atoms with E-state index in [0.717, 1.165) is 28.4 Å². The molecule has 1 aliphatic rings. The molecule has 0 unspecified atom stereocenters. The lowest BCUT2D eigenvalue weighted by atomic mass is 9.79. The van der Waals surface area contributed by atoms with E-state index in [1.54, 1.807) is 0 Å². The third-order valence-electron chi connectivity index (χ3n) is 13.2. The average molecular weight is 871 g/mol. The van der Waals surface area contributed by atoms with E-state index in [1.807, 2.05) is 0 Å². The average Bonchev–Trinajstić information content (AvgIpc) is 3.43. The fourth-order valence-corrected chi connectivity index (χ4v) is 9.62. The SMILES string of the molecule is C1=CC(c2ccccc2)(N(c2ccccc2)c2ccc(-c3ccccc3)cc2)C=CC1c1ccc(-c2ccc(-c3ccc(N(c4ccccc4)c4ccc(-c5ccccc5)cc4)cc3)cc2)cc1. The van der Waals surface area contributed by atoms with Crippen LogP contribution >= 0.6 is 0 Å². The van der Waals surface area contributed by atoms with Crippen LogP contribution in [0, 0.1) is 0 Å². The molecule has 0 bridgehead atoms. The third kappa shape index (κ3) is 8.60. The minimum atomic E-state index is -0.550. The van der Waals surface area contributed by atoms with Gasteiger partial charge in [0, 0.05) is 34.4 Å². The maximum Gasteiger partial charge on any atom is 0.107 e. The highest BCUT2D eigenvalue weighted by atomic mass is 15.2. The first-order valence-corrected chi connectivity index (χ1v) is 23.5. The van der Waals surface area contributed by atoms with Crippen molar-refractivity contribution in [3.8, 4) is 44.5 Å². The van der Waals surface area contributed by atoms with Crippen molar-refractivity contribution in [2.24, 2.45) is 0 Å². The minimum Gasteiger partial charge on any atom is -0.324 e. The number of nitrogens with zero attached hydrogens (tertiary/aromatic N) is 2. The van der Waals surface area contributed by atoms with E-state index >= 15 is 0 Å². The lowest BCUT2D eigenvalue weighted by Gasteiger charge is -2.44. The standard InChI is InChI=1S/C66H50N2/c1-6-16-50(17-7-1)56-34-40-62(41-35-56)67(61-22-12-4-13-23-61)63-42-36-58(37-43-63)54-28-26-52(27-29-54)53-30-32-55(33-31-53)59-46-48-66(49-47-59,60-20-10-3-11-21-60)68(64-24-14-5-15-25-64)65-44-38-57(39-45-65)51-18-8-2-9-19-51/h1-49,59H. The molecule has 0 fully saturated rings. The zero-order valence-corrected chi connectivity index (χ0v) is 37.8. The van der Waals surface area contributed by atoms with Gasteiger partial charge in [0.2, 0.25) is 0 Å². The van der Waals surface area contributed by atoms with Gasteiger partial charge in [0.1, 0.15) is 5.54 Å². The predicted octanol–water partition coefficient (Wildman–Crippen LogP) is 17.8. The lowest BCUT2D eigenvalue weighted by molar-refractivity contribution is 0.661. The normalized spacial score (nSPS) is 15.1. The summed E-state index contributed by atoms with van der Waals surface area (Å²) in [5.74, 6) is 0.135. The molecule has 0 radical (unpaired) electrons. The van der Waals surface area contributed by atoms with Gasteiger partial charge in [0.25, 0.3) is 0 Å². The molecule has 11 rings (SSSR count). The first kappa shape index (κ1) is 41.9. The van der Waals surface area contributed by atoms with E-state index in [1.165, 1.54) is 55.6 Å². The van der Waals surface area contributed by atoms with Gasteiger partial charge in [-0.25, -0.2) is 0 Å². The third-order valence-corrected chi connectivity index (χ3v) is 13.2. The van der Waals surface area contributed by atoms with Crippen molar-refractivity contribution in [3.05, 3.63) is 308 Å². The largest absolute Gasteiger partial charge is 0.324 e. The Balaban J connectivity index is 0.824. The zero-order chi connectivity index (χ0) is 45.5. The van der Waals surface area contributed by atoms with Crippen LogP contribution in [0.5, 0.6) is 0 Å². The second kappa shape index (κ2) is 19.0. The second-order valence-electron chi connectivity index (χ2n) is 17.3. The molecule has 0 aromatic heterocycles. The van der Waals surface area contributed by atoms with Gasteiger partial charge in [-0.1, -0.05) is 237 Å². The van der Waals surface area contributed by atoms with Crippen molar-refractivity contribution in [2.45, 2.75) is 11.5 Å². The molecular formula is C66H50N2. The van der Waals surface area contributed by atoms with E-state index in [0.29, 0.717) is 0 Å². The van der Waals surface area contributed by atoms with Crippen LogP contribution in [0.1, 0.15) is 17.0 Å². The number of hydrogen-bond acceptors (Lipinski definition) is 2. The molecule has 68 heavy (non-hydrogen) atoms. The Morgan fingerprint density at radius 3 is 0.941 bits per heavy atom. The highest BCUT2D eigenvalue weighted by Gasteiger charge is 2.37. The van der Waals surface area contributed by atoms with Crippen molar-refractivity contribution in [1.29, 1.82) is 0 Å². The van der Waals surface area contributed by atoms with Crippen LogP contribution in [-0.2, 0) is 5.54 Å². The van der Waals surface area contributed by atoms with E-state index in [4.69, 9.17) is 0 Å². The summed E-state index contributed by atoms with van der Waals surface area (Å²) in [5.41, 5.74) is 17.1. The van der Waals surface area contributed by atoms with Crippen molar-refractivity contribution >= 4 is 28.4 Å². The van der Waals surface area contributed by atoms with Crippen molar-refractivity contribution in [2.75, 3.05) is 9.80 Å². The molecule has 0 N–H and O–H groups in total. The lowest BCUT2D eigenvalue weighted by Crippen LogP contribution is -2.41. The molecule has 324 valence electrons. The Morgan fingerprint density at radius 2 is 0.529 bits per heavy atom. The van der Waals surface area contributed by atoms with Crippen molar-refractivity contribution in [1.82, 2.24) is 0 Å². The second-order valence-corrected chi connectivity index (χ2v) is 17.3. The molecule has 0 saturated carbocycles. The van der Waals surface area contributed by atoms with Crippen LogP contribution in [0.25, 0.3) is 44.5 Å². The highest BCUT2D eigenvalue weighted by molar-refractivity contribution is 5.81. The van der Waals surface area contributed by atoms with Gasteiger partial charge in [-0.2, -0.15) is 0 Å². The number of allylic oxidation sites excluding steroid dienone is 2. The summed E-state index contributed by atoms with van der Waals surface area (Å²) in [5, 5.41) is 0. The Hall–Kier alpha value is -8.72. The van der Waals surface area contributed by atoms with Gasteiger partial charge in [0.15, 0.2) is 0 Å². The van der Waals surface area contributed by atoms with Crippen LogP contribution in [0.4, 0.5) is 28.4 Å². The maximum absolute atomic E-state index is 2.47. The van der Waals surface area contributed by atoms with Crippen LogP contribution in [0.15, 0.2) is 297 Å². The summed E-state index contributed by atoms with van der Waals surface area (Å²) in [7, 11) is 0. The summed E-state index contributed by atoms with van der Waals surface area (Å²) in [6.45, 7) is 0. The topological polar surface area (TPSA) is 6.48 Å². The summed E-state index contributed by atoms with van der Waals surface area (Å²) >= 11 is 0. The fourth-order valence-electron chi connectivity index (χ4n) is 9.62. The molecule has 0 spiro atoms. The van der Waals surface area contributed by atoms with Crippen molar-refractivity contribution < 1.29 is 0 Å². The molecule has 0 heterocycles. The number of para-hydroxylation sites is 2. The Kier molecular flexibility index (Phi) is 11.7. The van der Waals surface area contributed by atoms with Crippen LogP contribution in [-0.4, -0.2) is 0 Å². The van der Waals surface area contributed by atoms with Gasteiger partial charge >= 0.3 is 0 Å². The Morgan fingerprint density at radius 1 is 0.250 bits per heavy atom. The molecule has 0 saturated heterocycles. The molecule has 2 heteroatoms. The Bertz CT molecular complexity index is 3240. The number of benzene rings is 10. The van der Waals surface area contributed by atoms with Gasteiger partial charge in [-0.05, 0) is 116 Å². The molecule has 1 aliphatic carbocycles.